The fraction of sp³-hybridized carbons (Fsp3) is 0.235. The van der Waals surface area contributed by atoms with Gasteiger partial charge in [0, 0.05) is 11.4 Å². The Kier molecular flexibility index (Phi) is 6.50. The molecule has 0 aromatic heterocycles. The van der Waals surface area contributed by atoms with Gasteiger partial charge in [0.2, 0.25) is 15.7 Å². The largest absolute Gasteiger partial charge is 0.341 e. The van der Waals surface area contributed by atoms with Crippen LogP contribution in [0.25, 0.3) is 0 Å². The first-order chi connectivity index (χ1) is 11.8. The predicted molar refractivity (Wildman–Crippen MR) is 92.7 cm³/mol. The quantitative estimate of drug-likeness (QED) is 0.770. The molecule has 0 spiro atoms. The Balaban J connectivity index is 1.98. The number of aryl methyl sites for hydroxylation is 1. The van der Waals surface area contributed by atoms with Gasteiger partial charge in [-0.15, -0.1) is 0 Å². The van der Waals surface area contributed by atoms with Crippen LogP contribution in [0.15, 0.2) is 53.4 Å². The SMILES string of the molecule is O=C(CCCc1ccc(Cl)cc1)Nc1ccccc1S(=O)(=O)C(F)F. The van der Waals surface area contributed by atoms with Crippen LogP contribution in [0.3, 0.4) is 0 Å². The number of sulfone groups is 1. The molecule has 0 aliphatic rings. The number of benzene rings is 2. The monoisotopic (exact) mass is 387 g/mol. The van der Waals surface area contributed by atoms with Crippen molar-refractivity contribution in [2.24, 2.45) is 0 Å². The maximum absolute atomic E-state index is 12.7. The summed E-state index contributed by atoms with van der Waals surface area (Å²) >= 11 is 5.79. The molecule has 2 rings (SSSR count). The minimum absolute atomic E-state index is 0.131. The Hall–Kier alpha value is -1.99. The van der Waals surface area contributed by atoms with E-state index in [-0.39, 0.29) is 12.1 Å². The molecule has 0 bridgehead atoms. The third kappa shape index (κ3) is 5.24. The van der Waals surface area contributed by atoms with E-state index >= 15 is 0 Å². The number of halogens is 3. The highest BCUT2D eigenvalue weighted by atomic mass is 35.5. The molecule has 0 saturated carbocycles. The van der Waals surface area contributed by atoms with Crippen molar-refractivity contribution in [2.75, 3.05) is 5.32 Å². The molecule has 0 aliphatic heterocycles. The van der Waals surface area contributed by atoms with Gasteiger partial charge in [0.25, 0.3) is 0 Å². The van der Waals surface area contributed by atoms with Crippen molar-refractivity contribution >= 4 is 33.0 Å². The van der Waals surface area contributed by atoms with E-state index in [0.717, 1.165) is 11.6 Å². The van der Waals surface area contributed by atoms with Crippen molar-refractivity contribution in [3.8, 4) is 0 Å². The van der Waals surface area contributed by atoms with E-state index in [4.69, 9.17) is 11.6 Å². The van der Waals surface area contributed by atoms with Gasteiger partial charge in [-0.05, 0) is 42.7 Å². The molecule has 25 heavy (non-hydrogen) atoms. The summed E-state index contributed by atoms with van der Waals surface area (Å²) in [7, 11) is -4.78. The van der Waals surface area contributed by atoms with Crippen LogP contribution in [0.1, 0.15) is 18.4 Å². The van der Waals surface area contributed by atoms with Gasteiger partial charge in [0.05, 0.1) is 10.6 Å². The first-order valence-corrected chi connectivity index (χ1v) is 9.38. The van der Waals surface area contributed by atoms with Crippen molar-refractivity contribution in [2.45, 2.75) is 29.9 Å². The van der Waals surface area contributed by atoms with Crippen molar-refractivity contribution in [3.05, 3.63) is 59.1 Å². The Morgan fingerprint density at radius 2 is 1.72 bits per heavy atom. The number of hydrogen-bond acceptors (Lipinski definition) is 3. The van der Waals surface area contributed by atoms with E-state index in [0.29, 0.717) is 17.9 Å². The fourth-order valence-electron chi connectivity index (χ4n) is 2.23. The van der Waals surface area contributed by atoms with Gasteiger partial charge < -0.3 is 5.32 Å². The average molecular weight is 388 g/mol. The van der Waals surface area contributed by atoms with Crippen LogP contribution in [0, 0.1) is 0 Å². The number of carbonyl (C=O) groups is 1. The lowest BCUT2D eigenvalue weighted by Crippen LogP contribution is -2.17. The molecular formula is C17H16ClF2NO3S. The minimum Gasteiger partial charge on any atom is -0.325 e. The van der Waals surface area contributed by atoms with Crippen LogP contribution < -0.4 is 5.32 Å². The van der Waals surface area contributed by atoms with Crippen molar-refractivity contribution in [3.63, 3.8) is 0 Å². The molecule has 0 unspecified atom stereocenters. The first-order valence-electron chi connectivity index (χ1n) is 7.46. The topological polar surface area (TPSA) is 63.2 Å². The van der Waals surface area contributed by atoms with Gasteiger partial charge in [0.1, 0.15) is 0 Å². The summed E-state index contributed by atoms with van der Waals surface area (Å²) in [6.07, 6.45) is 1.30. The van der Waals surface area contributed by atoms with Gasteiger partial charge in [-0.3, -0.25) is 4.79 Å². The van der Waals surface area contributed by atoms with E-state index in [1.54, 1.807) is 12.1 Å². The number of carbonyl (C=O) groups excluding carboxylic acids is 1. The van der Waals surface area contributed by atoms with Gasteiger partial charge in [-0.2, -0.15) is 8.78 Å². The second-order valence-electron chi connectivity index (χ2n) is 5.33. The number of rotatable bonds is 7. The number of hydrogen-bond donors (Lipinski definition) is 1. The average Bonchev–Trinajstić information content (AvgIpc) is 2.57. The zero-order valence-electron chi connectivity index (χ0n) is 13.1. The number of amides is 1. The van der Waals surface area contributed by atoms with E-state index in [9.17, 15) is 22.0 Å². The van der Waals surface area contributed by atoms with Crippen molar-refractivity contribution in [1.82, 2.24) is 0 Å². The molecule has 0 fully saturated rings. The van der Waals surface area contributed by atoms with Gasteiger partial charge in [-0.1, -0.05) is 35.9 Å². The molecule has 2 aromatic rings. The second-order valence-corrected chi connectivity index (χ2v) is 7.65. The third-order valence-corrected chi connectivity index (χ3v) is 5.17. The molecule has 0 atom stereocenters. The maximum Gasteiger partial charge on any atom is 0.341 e. The van der Waals surface area contributed by atoms with E-state index in [1.165, 1.54) is 18.2 Å². The summed E-state index contributed by atoms with van der Waals surface area (Å²) in [6, 6.07) is 12.3. The number of anilines is 1. The number of para-hydroxylation sites is 1. The normalized spacial score (nSPS) is 11.5. The van der Waals surface area contributed by atoms with Crippen LogP contribution in [0.4, 0.5) is 14.5 Å². The lowest BCUT2D eigenvalue weighted by molar-refractivity contribution is -0.116. The zero-order chi connectivity index (χ0) is 18.4. The molecule has 8 heteroatoms. The molecule has 2 aromatic carbocycles. The van der Waals surface area contributed by atoms with Crippen LogP contribution in [0.2, 0.25) is 5.02 Å². The summed E-state index contributed by atoms with van der Waals surface area (Å²) < 4.78 is 48.7. The fourth-order valence-corrected chi connectivity index (χ4v) is 3.24. The molecule has 0 heterocycles. The summed E-state index contributed by atoms with van der Waals surface area (Å²) in [4.78, 5) is 11.4. The minimum atomic E-state index is -4.78. The Morgan fingerprint density at radius 3 is 2.36 bits per heavy atom. The highest BCUT2D eigenvalue weighted by Crippen LogP contribution is 2.26. The third-order valence-electron chi connectivity index (χ3n) is 3.48. The lowest BCUT2D eigenvalue weighted by Gasteiger charge is -2.11. The van der Waals surface area contributed by atoms with Crippen molar-refractivity contribution < 1.29 is 22.0 Å². The Labute approximate surface area is 149 Å². The number of nitrogens with one attached hydrogen (secondary N) is 1. The van der Waals surface area contributed by atoms with Crippen LogP contribution in [0.5, 0.6) is 0 Å². The zero-order valence-corrected chi connectivity index (χ0v) is 14.7. The molecule has 0 saturated heterocycles. The van der Waals surface area contributed by atoms with E-state index in [2.05, 4.69) is 5.32 Å². The second kappa shape index (κ2) is 8.40. The molecule has 4 nitrogen and oxygen atoms in total. The summed E-state index contributed by atoms with van der Waals surface area (Å²) in [5.41, 5.74) is 0.872. The number of alkyl halides is 2. The lowest BCUT2D eigenvalue weighted by atomic mass is 10.1. The molecular weight excluding hydrogens is 372 g/mol. The highest BCUT2D eigenvalue weighted by Gasteiger charge is 2.29. The van der Waals surface area contributed by atoms with Gasteiger partial charge in [-0.25, -0.2) is 8.42 Å². The summed E-state index contributed by atoms with van der Waals surface area (Å²) in [5.74, 6) is -3.98. The Bertz CT molecular complexity index is 839. The van der Waals surface area contributed by atoms with Gasteiger partial charge >= 0.3 is 5.76 Å². The van der Waals surface area contributed by atoms with E-state index in [1.807, 2.05) is 12.1 Å². The molecule has 1 amide bonds. The maximum atomic E-state index is 12.7. The molecule has 1 N–H and O–H groups in total. The smallest absolute Gasteiger partial charge is 0.325 e. The molecule has 0 aliphatic carbocycles. The van der Waals surface area contributed by atoms with E-state index < -0.39 is 26.4 Å². The highest BCUT2D eigenvalue weighted by molar-refractivity contribution is 7.91. The van der Waals surface area contributed by atoms with Gasteiger partial charge in [0.15, 0.2) is 0 Å². The molecule has 0 radical (unpaired) electrons. The predicted octanol–water partition coefficient (Wildman–Crippen LogP) is 4.30. The standard InChI is InChI=1S/C17H16ClF2NO3S/c18-13-10-8-12(9-11-13)4-3-7-16(22)21-14-5-1-2-6-15(14)25(23,24)17(19)20/h1-2,5-6,8-11,17H,3-4,7H2,(H,21,22). The summed E-state index contributed by atoms with van der Waals surface area (Å²) in [5, 5.41) is 3.02. The summed E-state index contributed by atoms with van der Waals surface area (Å²) in [6.45, 7) is 0. The first kappa shape index (κ1) is 19.3. The van der Waals surface area contributed by atoms with Crippen LogP contribution in [-0.2, 0) is 21.1 Å². The molecule has 134 valence electrons. The van der Waals surface area contributed by atoms with Crippen LogP contribution >= 0.6 is 11.6 Å². The van der Waals surface area contributed by atoms with Crippen molar-refractivity contribution in [1.29, 1.82) is 0 Å². The van der Waals surface area contributed by atoms with Crippen LogP contribution in [-0.4, -0.2) is 20.1 Å². The Morgan fingerprint density at radius 1 is 1.08 bits per heavy atom.